The van der Waals surface area contributed by atoms with Gasteiger partial charge < -0.3 is 10.2 Å². The molecule has 5 heteroatoms. The van der Waals surface area contributed by atoms with Gasteiger partial charge in [-0.2, -0.15) is 5.10 Å². The summed E-state index contributed by atoms with van der Waals surface area (Å²) < 4.78 is 1.63. The summed E-state index contributed by atoms with van der Waals surface area (Å²) in [4.78, 5) is 10.4. The van der Waals surface area contributed by atoms with Gasteiger partial charge in [-0.1, -0.05) is 13.8 Å². The first kappa shape index (κ1) is 10.7. The van der Waals surface area contributed by atoms with Crippen LogP contribution in [0.4, 0.5) is 0 Å². The fraction of sp³-hybridized carbons (Fsp3) is 0.556. The molecule has 0 saturated heterocycles. The summed E-state index contributed by atoms with van der Waals surface area (Å²) in [6.07, 6.45) is 0.144. The number of carboxylic acids is 1. The summed E-state index contributed by atoms with van der Waals surface area (Å²) in [7, 11) is 0. The molecular formula is C9H14N2O3. The highest BCUT2D eigenvalue weighted by molar-refractivity contribution is 5.73. The Morgan fingerprint density at radius 1 is 1.64 bits per heavy atom. The molecule has 1 heterocycles. The summed E-state index contributed by atoms with van der Waals surface area (Å²) >= 11 is 0. The van der Waals surface area contributed by atoms with Crippen LogP contribution in [-0.4, -0.2) is 26.0 Å². The first-order valence-corrected chi connectivity index (χ1v) is 4.45. The number of hydrogen-bond acceptors (Lipinski definition) is 3. The average molecular weight is 198 g/mol. The van der Waals surface area contributed by atoms with Gasteiger partial charge in [0.05, 0.1) is 0 Å². The topological polar surface area (TPSA) is 75.4 Å². The molecule has 0 radical (unpaired) electrons. The van der Waals surface area contributed by atoms with Crippen molar-refractivity contribution in [3.63, 3.8) is 0 Å². The molecule has 0 spiro atoms. The molecule has 0 aliphatic heterocycles. The molecule has 0 aromatic carbocycles. The number of aliphatic hydroxyl groups excluding tert-OH is 1. The lowest BCUT2D eigenvalue weighted by molar-refractivity contribution is -0.147. The first-order chi connectivity index (χ1) is 6.50. The summed E-state index contributed by atoms with van der Waals surface area (Å²) in [5.41, 5.74) is 0.179. The predicted molar refractivity (Wildman–Crippen MR) is 49.7 cm³/mol. The third kappa shape index (κ3) is 2.56. The van der Waals surface area contributed by atoms with E-state index in [1.54, 1.807) is 10.9 Å². The number of aromatic nitrogens is 2. The Bertz CT molecular complexity index is 320. The van der Waals surface area contributed by atoms with Crippen LogP contribution in [0.3, 0.4) is 0 Å². The predicted octanol–water partition coefficient (Wildman–Crippen LogP) is 0.657. The van der Waals surface area contributed by atoms with Crippen molar-refractivity contribution in [3.05, 3.63) is 18.0 Å². The van der Waals surface area contributed by atoms with Crippen LogP contribution < -0.4 is 0 Å². The minimum absolute atomic E-state index is 0.179. The maximum absolute atomic E-state index is 10.4. The molecule has 1 aromatic rings. The minimum Gasteiger partial charge on any atom is -0.479 e. The Hall–Kier alpha value is -1.36. The van der Waals surface area contributed by atoms with Crippen molar-refractivity contribution in [2.45, 2.75) is 26.5 Å². The molecule has 2 N–H and O–H groups in total. The van der Waals surface area contributed by atoms with E-state index in [0.29, 0.717) is 12.5 Å². The third-order valence-electron chi connectivity index (χ3n) is 1.73. The molecule has 1 rings (SSSR count). The van der Waals surface area contributed by atoms with Crippen molar-refractivity contribution in [2.75, 3.05) is 0 Å². The fourth-order valence-corrected chi connectivity index (χ4v) is 1.13. The molecule has 5 nitrogen and oxygen atoms in total. The van der Waals surface area contributed by atoms with Gasteiger partial charge in [0.1, 0.15) is 5.69 Å². The first-order valence-electron chi connectivity index (χ1n) is 4.45. The number of carbonyl (C=O) groups is 1. The zero-order chi connectivity index (χ0) is 10.7. The number of aliphatic carboxylic acids is 1. The molecule has 0 aliphatic rings. The molecule has 0 fully saturated rings. The molecule has 1 atom stereocenters. The van der Waals surface area contributed by atoms with Gasteiger partial charge in [0.15, 0.2) is 6.10 Å². The highest BCUT2D eigenvalue weighted by Crippen LogP contribution is 2.10. The number of aliphatic hydroxyl groups is 1. The molecule has 1 aromatic heterocycles. The highest BCUT2D eigenvalue weighted by atomic mass is 16.4. The zero-order valence-corrected chi connectivity index (χ0v) is 8.21. The van der Waals surface area contributed by atoms with Gasteiger partial charge in [0.25, 0.3) is 0 Å². The van der Waals surface area contributed by atoms with Crippen molar-refractivity contribution in [3.8, 4) is 0 Å². The molecule has 14 heavy (non-hydrogen) atoms. The van der Waals surface area contributed by atoms with E-state index in [9.17, 15) is 4.79 Å². The van der Waals surface area contributed by atoms with E-state index in [1.165, 1.54) is 6.07 Å². The molecule has 78 valence electrons. The van der Waals surface area contributed by atoms with Crippen molar-refractivity contribution in [2.24, 2.45) is 5.92 Å². The van der Waals surface area contributed by atoms with Crippen LogP contribution in [-0.2, 0) is 11.3 Å². The lowest BCUT2D eigenvalue weighted by Gasteiger charge is -2.04. The van der Waals surface area contributed by atoms with Crippen molar-refractivity contribution < 1.29 is 15.0 Å². The van der Waals surface area contributed by atoms with Crippen LogP contribution in [0.5, 0.6) is 0 Å². The Kier molecular flexibility index (Phi) is 3.24. The van der Waals surface area contributed by atoms with E-state index >= 15 is 0 Å². The Morgan fingerprint density at radius 2 is 2.29 bits per heavy atom. The smallest absolute Gasteiger partial charge is 0.338 e. The van der Waals surface area contributed by atoms with Gasteiger partial charge in [-0.15, -0.1) is 0 Å². The Balaban J connectivity index is 2.72. The summed E-state index contributed by atoms with van der Waals surface area (Å²) in [6, 6.07) is 1.52. The van der Waals surface area contributed by atoms with Gasteiger partial charge in [0, 0.05) is 12.7 Å². The van der Waals surface area contributed by atoms with Gasteiger partial charge in [-0.25, -0.2) is 4.79 Å². The molecule has 0 bridgehead atoms. The second kappa shape index (κ2) is 4.23. The number of rotatable bonds is 4. The monoisotopic (exact) mass is 198 g/mol. The fourth-order valence-electron chi connectivity index (χ4n) is 1.13. The van der Waals surface area contributed by atoms with Gasteiger partial charge in [0.2, 0.25) is 0 Å². The van der Waals surface area contributed by atoms with Crippen LogP contribution in [0.25, 0.3) is 0 Å². The Labute approximate surface area is 82.0 Å². The van der Waals surface area contributed by atoms with Gasteiger partial charge in [-0.3, -0.25) is 4.68 Å². The normalized spacial score (nSPS) is 13.1. The number of nitrogens with zero attached hydrogens (tertiary/aromatic N) is 2. The maximum atomic E-state index is 10.4. The van der Waals surface area contributed by atoms with E-state index in [-0.39, 0.29) is 5.69 Å². The highest BCUT2D eigenvalue weighted by Gasteiger charge is 2.18. The lowest BCUT2D eigenvalue weighted by atomic mass is 10.2. The summed E-state index contributed by atoms with van der Waals surface area (Å²) in [5, 5.41) is 21.7. The molecular weight excluding hydrogens is 184 g/mol. The molecule has 0 saturated carbocycles. The summed E-state index contributed by atoms with van der Waals surface area (Å²) in [6.45, 7) is 4.79. The zero-order valence-electron chi connectivity index (χ0n) is 8.21. The van der Waals surface area contributed by atoms with E-state index < -0.39 is 12.1 Å². The molecule has 0 amide bonds. The second-order valence-corrected chi connectivity index (χ2v) is 3.60. The lowest BCUT2D eigenvalue weighted by Crippen LogP contribution is -2.12. The molecule has 0 aliphatic carbocycles. The average Bonchev–Trinajstić information content (AvgIpc) is 2.50. The van der Waals surface area contributed by atoms with Crippen LogP contribution in [0.15, 0.2) is 12.3 Å². The van der Waals surface area contributed by atoms with Gasteiger partial charge >= 0.3 is 5.97 Å². The maximum Gasteiger partial charge on any atom is 0.338 e. The van der Waals surface area contributed by atoms with Crippen LogP contribution in [0, 0.1) is 5.92 Å². The van der Waals surface area contributed by atoms with E-state index in [4.69, 9.17) is 10.2 Å². The quantitative estimate of drug-likeness (QED) is 0.745. The van der Waals surface area contributed by atoms with E-state index in [2.05, 4.69) is 5.10 Å². The second-order valence-electron chi connectivity index (χ2n) is 3.60. The number of carboxylic acid groups (broad SMARTS) is 1. The summed E-state index contributed by atoms with van der Waals surface area (Å²) in [5.74, 6) is -0.843. The Morgan fingerprint density at radius 3 is 2.79 bits per heavy atom. The van der Waals surface area contributed by atoms with Crippen LogP contribution in [0.2, 0.25) is 0 Å². The van der Waals surface area contributed by atoms with Crippen LogP contribution in [0.1, 0.15) is 25.6 Å². The minimum atomic E-state index is -1.52. The third-order valence-corrected chi connectivity index (χ3v) is 1.73. The van der Waals surface area contributed by atoms with Crippen molar-refractivity contribution >= 4 is 5.97 Å². The SMILES string of the molecule is CC(C)Cn1ccc(C(O)C(=O)O)n1. The van der Waals surface area contributed by atoms with E-state index in [1.807, 2.05) is 13.8 Å². The van der Waals surface area contributed by atoms with E-state index in [0.717, 1.165) is 0 Å². The van der Waals surface area contributed by atoms with Crippen molar-refractivity contribution in [1.82, 2.24) is 9.78 Å². The standard InChI is InChI=1S/C9H14N2O3/c1-6(2)5-11-4-3-7(10-11)8(12)9(13)14/h3-4,6,8,12H,5H2,1-2H3,(H,13,14). The number of hydrogen-bond donors (Lipinski definition) is 2. The van der Waals surface area contributed by atoms with Crippen molar-refractivity contribution in [1.29, 1.82) is 0 Å². The molecule has 1 unspecified atom stereocenters. The van der Waals surface area contributed by atoms with Gasteiger partial charge in [-0.05, 0) is 12.0 Å². The van der Waals surface area contributed by atoms with Crippen LogP contribution >= 0.6 is 0 Å². The largest absolute Gasteiger partial charge is 0.479 e.